The van der Waals surface area contributed by atoms with Crippen molar-refractivity contribution in [2.75, 3.05) is 0 Å². The lowest BCUT2D eigenvalue weighted by molar-refractivity contribution is 1.17. The number of hydrogen-bond acceptors (Lipinski definition) is 5. The van der Waals surface area contributed by atoms with Crippen LogP contribution >= 0.6 is 56.7 Å². The minimum Gasteiger partial charge on any atom is -0.309 e. The van der Waals surface area contributed by atoms with Gasteiger partial charge in [-0.3, -0.25) is 0 Å². The van der Waals surface area contributed by atoms with Gasteiger partial charge in [0, 0.05) is 178 Å². The van der Waals surface area contributed by atoms with Crippen molar-refractivity contribution in [2.45, 2.75) is 34.6 Å². The molecule has 0 aliphatic carbocycles. The van der Waals surface area contributed by atoms with Crippen molar-refractivity contribution in [3.05, 3.63) is 452 Å². The number of thiophene rings is 5. The second-order valence-electron chi connectivity index (χ2n) is 35.7. The van der Waals surface area contributed by atoms with Gasteiger partial charge >= 0.3 is 0 Å². The van der Waals surface area contributed by atoms with Gasteiger partial charge in [0.05, 0.1) is 59.9 Å². The van der Waals surface area contributed by atoms with E-state index in [-0.39, 0.29) is 0 Å². The predicted molar refractivity (Wildman–Crippen MR) is 592 cm³/mol. The Labute approximate surface area is 798 Å². The summed E-state index contributed by atoms with van der Waals surface area (Å²) in [6.45, 7) is 10.8. The maximum absolute atomic E-state index is 2.44. The summed E-state index contributed by atoms with van der Waals surface area (Å²) in [7, 11) is 0. The van der Waals surface area contributed by atoms with E-state index < -0.39 is 0 Å². The van der Waals surface area contributed by atoms with E-state index in [1.54, 1.807) is 0 Å². The molecule has 0 fully saturated rings. The summed E-state index contributed by atoms with van der Waals surface area (Å²) < 4.78 is 25.7. The number of benzene rings is 20. The largest absolute Gasteiger partial charge is 0.309 e. The molecule has 30 rings (SSSR count). The standard InChI is InChI=1S/5C25H17NS/c1-16-7-6-8-17(15-16)26-21-11-4-2-10-20(21)24-22(26)14-13-19-18-9-3-5-12-23(18)27-25(19)24;1-16-7-6-8-17(13-16)26-22-11-4-2-9-18(22)20-15-25-21(14-23(20)26)19-10-3-5-12-24(19)27-25;1-16-7-6-8-17(13-16)26-22-11-4-2-9-18(22)20-14-21-19-10-3-5-12-24(19)27-25(21)15-23(20)26;1-16-7-6-8-17(15-16)26-21-11-4-2-9-18(21)19-13-14-23-24(25(19)26)20-10-3-5-12-22(20)27-23;1-16-10-12-17(13-11-16)26-22-8-4-2-6-18(22)20-14-15-21-19-7-3-5-9-23(19)27-25(21)24(20)26/h5*2-15H,1H3. The fraction of sp³-hybridized carbons (Fsp3) is 0.0400. The van der Waals surface area contributed by atoms with E-state index in [1.807, 2.05) is 56.7 Å². The molecule has 5 nitrogen and oxygen atoms in total. The number of nitrogens with zero attached hydrogens (tertiary/aromatic N) is 5. The zero-order valence-corrected chi connectivity index (χ0v) is 78.8. The number of fused-ring (bicyclic) bond motifs is 33. The number of aromatic nitrogens is 5. The number of aryl methyl sites for hydroxylation is 5. The van der Waals surface area contributed by atoms with E-state index >= 15 is 0 Å². The quantitative estimate of drug-likeness (QED) is 0.164. The van der Waals surface area contributed by atoms with Gasteiger partial charge in [-0.2, -0.15) is 0 Å². The minimum atomic E-state index is 1.22. The molecule has 10 heteroatoms. The van der Waals surface area contributed by atoms with Gasteiger partial charge < -0.3 is 22.8 Å². The van der Waals surface area contributed by atoms with Crippen LogP contribution in [0.25, 0.3) is 238 Å². The fourth-order valence-electron chi connectivity index (χ4n) is 21.2. The van der Waals surface area contributed by atoms with Crippen LogP contribution in [0, 0.1) is 34.6 Å². The molecule has 0 radical (unpaired) electrons. The normalized spacial score (nSPS) is 11.9. The van der Waals surface area contributed by atoms with Crippen LogP contribution in [0.5, 0.6) is 0 Å². The monoisotopic (exact) mass is 1820 g/mol. The molecule has 0 N–H and O–H groups in total. The van der Waals surface area contributed by atoms with Crippen molar-refractivity contribution in [1.82, 2.24) is 22.8 Å². The molecular formula is C125H85N5S5. The van der Waals surface area contributed by atoms with Gasteiger partial charge in [-0.1, -0.05) is 272 Å². The zero-order chi connectivity index (χ0) is 89.8. The van der Waals surface area contributed by atoms with Crippen molar-refractivity contribution < 1.29 is 0 Å². The lowest BCUT2D eigenvalue weighted by Gasteiger charge is -2.09. The Morgan fingerprint density at radius 2 is 0.474 bits per heavy atom. The first-order chi connectivity index (χ1) is 66.5. The van der Waals surface area contributed by atoms with E-state index in [1.165, 1.54) is 266 Å². The van der Waals surface area contributed by atoms with Gasteiger partial charge in [-0.05, 0) is 215 Å². The summed E-state index contributed by atoms with van der Waals surface area (Å²) >= 11 is 9.45. The van der Waals surface area contributed by atoms with Gasteiger partial charge in [0.25, 0.3) is 0 Å². The van der Waals surface area contributed by atoms with Gasteiger partial charge in [-0.15, -0.1) is 56.7 Å². The van der Waals surface area contributed by atoms with Crippen LogP contribution in [0.15, 0.2) is 425 Å². The molecule has 0 unspecified atom stereocenters. The summed E-state index contributed by atoms with van der Waals surface area (Å²) in [6.07, 6.45) is 0. The van der Waals surface area contributed by atoms with Crippen LogP contribution in [0.4, 0.5) is 0 Å². The van der Waals surface area contributed by atoms with Crippen molar-refractivity contribution in [2.24, 2.45) is 0 Å². The van der Waals surface area contributed by atoms with E-state index in [4.69, 9.17) is 0 Å². The molecule has 30 aromatic rings. The third-order valence-corrected chi connectivity index (χ3v) is 33.0. The van der Waals surface area contributed by atoms with Gasteiger partial charge in [0.1, 0.15) is 0 Å². The van der Waals surface area contributed by atoms with Crippen LogP contribution in [0.2, 0.25) is 0 Å². The van der Waals surface area contributed by atoms with Crippen molar-refractivity contribution >= 4 is 267 Å². The molecule has 135 heavy (non-hydrogen) atoms. The first kappa shape index (κ1) is 80.4. The highest BCUT2D eigenvalue weighted by molar-refractivity contribution is 7.28. The lowest BCUT2D eigenvalue weighted by atomic mass is 10.1. The Balaban J connectivity index is 0.0000000878. The number of para-hydroxylation sites is 5. The molecule has 10 aromatic heterocycles. The number of hydrogen-bond donors (Lipinski definition) is 0. The maximum atomic E-state index is 2.44. The molecule has 10 heterocycles. The van der Waals surface area contributed by atoms with Crippen LogP contribution < -0.4 is 0 Å². The van der Waals surface area contributed by atoms with Crippen molar-refractivity contribution in [1.29, 1.82) is 0 Å². The fourth-order valence-corrected chi connectivity index (χ4v) is 27.1. The van der Waals surface area contributed by atoms with E-state index in [0.29, 0.717) is 0 Å². The van der Waals surface area contributed by atoms with Crippen LogP contribution in [-0.4, -0.2) is 22.8 Å². The van der Waals surface area contributed by atoms with E-state index in [9.17, 15) is 0 Å². The summed E-state index contributed by atoms with van der Waals surface area (Å²) in [4.78, 5) is 0. The van der Waals surface area contributed by atoms with Crippen LogP contribution in [-0.2, 0) is 0 Å². The van der Waals surface area contributed by atoms with Crippen molar-refractivity contribution in [3.63, 3.8) is 0 Å². The van der Waals surface area contributed by atoms with Crippen LogP contribution in [0.3, 0.4) is 0 Å². The predicted octanol–water partition coefficient (Wildman–Crippen LogP) is 37.3. The van der Waals surface area contributed by atoms with E-state index in [2.05, 4.69) is 482 Å². The molecule has 20 aromatic carbocycles. The third-order valence-electron chi connectivity index (χ3n) is 27.2. The highest BCUT2D eigenvalue weighted by atomic mass is 32.1. The topological polar surface area (TPSA) is 24.6 Å². The number of rotatable bonds is 5. The summed E-state index contributed by atoms with van der Waals surface area (Å²) in [5.41, 5.74) is 25.3. The Bertz CT molecular complexity index is 9980. The SMILES string of the molecule is Cc1ccc(-n2c3ccccc3c3ccc4c5ccccc5sc4c32)cc1.Cc1cccc(-n2c3ccccc3c3c4sc5ccccc5c4ccc32)c1.Cc1cccc(-n2c3ccccc3c3cc4c(cc32)sc2ccccc24)c1.Cc1cccc(-n2c3ccccc3c3cc4sc5ccccc5c4cc32)c1.Cc1cccc(-n2c3ccccc3c3ccc4sc5ccccc5c4c32)c1. The zero-order valence-electron chi connectivity index (χ0n) is 74.7. The van der Waals surface area contributed by atoms with Crippen molar-refractivity contribution in [3.8, 4) is 28.4 Å². The smallest absolute Gasteiger partial charge is 0.0719 e. The Kier molecular flexibility index (Phi) is 19.3. The average Bonchev–Trinajstić information content (AvgIpc) is 1.58. The Morgan fingerprint density at radius 3 is 0.985 bits per heavy atom. The second-order valence-corrected chi connectivity index (χ2v) is 41.0. The van der Waals surface area contributed by atoms with E-state index in [0.717, 1.165) is 0 Å². The van der Waals surface area contributed by atoms with Gasteiger partial charge in [0.15, 0.2) is 0 Å². The Hall–Kier alpha value is -15.5. The molecule has 0 saturated heterocycles. The molecule has 0 spiro atoms. The molecule has 0 bridgehead atoms. The Morgan fingerprint density at radius 1 is 0.141 bits per heavy atom. The third kappa shape index (κ3) is 13.3. The highest BCUT2D eigenvalue weighted by Gasteiger charge is 2.24. The minimum absolute atomic E-state index is 1.22. The molecular weight excluding hydrogens is 1730 g/mol. The molecule has 640 valence electrons. The second kappa shape index (κ2) is 32.5. The molecule has 0 aliphatic heterocycles. The molecule has 0 atom stereocenters. The lowest BCUT2D eigenvalue weighted by Crippen LogP contribution is -1.94. The molecule has 0 amide bonds. The van der Waals surface area contributed by atoms with Gasteiger partial charge in [0.2, 0.25) is 0 Å². The first-order valence-electron chi connectivity index (χ1n) is 46.1. The van der Waals surface area contributed by atoms with Crippen LogP contribution in [0.1, 0.15) is 27.8 Å². The molecule has 0 aliphatic rings. The summed E-state index contributed by atoms with van der Waals surface area (Å²) in [6, 6.07) is 155. The first-order valence-corrected chi connectivity index (χ1v) is 50.1. The highest BCUT2D eigenvalue weighted by Crippen LogP contribution is 2.50. The van der Waals surface area contributed by atoms with Gasteiger partial charge in [-0.25, -0.2) is 0 Å². The summed E-state index contributed by atoms with van der Waals surface area (Å²) in [5, 5.41) is 26.8. The molecule has 0 saturated carbocycles. The maximum Gasteiger partial charge on any atom is 0.0719 e. The summed E-state index contributed by atoms with van der Waals surface area (Å²) in [5.74, 6) is 0. The average molecular weight is 1820 g/mol.